The summed E-state index contributed by atoms with van der Waals surface area (Å²) in [5, 5.41) is 1.35. The van der Waals surface area contributed by atoms with Gasteiger partial charge >= 0.3 is 5.97 Å². The molecule has 4 rings (SSSR count). The largest absolute Gasteiger partial charge is 0.462 e. The summed E-state index contributed by atoms with van der Waals surface area (Å²) in [6.45, 7) is 5.90. The molecular weight excluding hydrogens is 316 g/mol. The lowest BCUT2D eigenvalue weighted by Gasteiger charge is -2.15. The standard InChI is InChI=1S/C20H18N2O3/c1-4-25-20(24)18-13(3)21-16-8-6-5-7-14(16)19(23)22(21)17-10-9-12(2)11-15(17)18/h5-11H,4H2,1-3H3. The highest BCUT2D eigenvalue weighted by molar-refractivity contribution is 6.05. The number of carbonyl (C=O) groups is 1. The number of esters is 1. The van der Waals surface area contributed by atoms with E-state index in [-0.39, 0.29) is 11.5 Å². The van der Waals surface area contributed by atoms with Gasteiger partial charge in [0.1, 0.15) is 0 Å². The summed E-state index contributed by atoms with van der Waals surface area (Å²) < 4.78 is 8.73. The topological polar surface area (TPSA) is 52.2 Å². The summed E-state index contributed by atoms with van der Waals surface area (Å²) in [7, 11) is 0. The van der Waals surface area contributed by atoms with E-state index in [1.165, 1.54) is 0 Å². The van der Waals surface area contributed by atoms with Crippen LogP contribution in [0.15, 0.2) is 47.3 Å². The number of fused-ring (bicyclic) bond motifs is 5. The molecule has 0 saturated heterocycles. The molecule has 2 aromatic heterocycles. The molecule has 126 valence electrons. The Morgan fingerprint density at radius 1 is 1.00 bits per heavy atom. The predicted molar refractivity (Wildman–Crippen MR) is 97.6 cm³/mol. The number of carbonyl (C=O) groups excluding carboxylic acids is 1. The first-order chi connectivity index (χ1) is 12.0. The van der Waals surface area contributed by atoms with Crippen molar-refractivity contribution in [2.75, 3.05) is 6.61 Å². The minimum absolute atomic E-state index is 0.0945. The van der Waals surface area contributed by atoms with E-state index in [9.17, 15) is 9.59 Å². The molecule has 4 aromatic rings. The Bertz CT molecular complexity index is 1210. The van der Waals surface area contributed by atoms with E-state index in [0.29, 0.717) is 28.8 Å². The van der Waals surface area contributed by atoms with Crippen molar-refractivity contribution in [3.8, 4) is 0 Å². The van der Waals surface area contributed by atoms with Crippen molar-refractivity contribution in [2.45, 2.75) is 20.8 Å². The van der Waals surface area contributed by atoms with Gasteiger partial charge < -0.3 is 4.74 Å². The smallest absolute Gasteiger partial charge is 0.340 e. The molecule has 0 unspecified atom stereocenters. The number of ether oxygens (including phenoxy) is 1. The molecule has 0 spiro atoms. The van der Waals surface area contributed by atoms with Gasteiger partial charge in [0.15, 0.2) is 0 Å². The Morgan fingerprint density at radius 2 is 1.72 bits per heavy atom. The van der Waals surface area contributed by atoms with Gasteiger partial charge in [0.25, 0.3) is 5.56 Å². The zero-order valence-electron chi connectivity index (χ0n) is 14.4. The quantitative estimate of drug-likeness (QED) is 0.527. The van der Waals surface area contributed by atoms with E-state index in [2.05, 4.69) is 0 Å². The number of hydrogen-bond donors (Lipinski definition) is 0. The van der Waals surface area contributed by atoms with E-state index in [0.717, 1.165) is 16.5 Å². The summed E-state index contributed by atoms with van der Waals surface area (Å²) in [5.41, 5.74) is 3.59. The molecule has 0 amide bonds. The second-order valence-corrected chi connectivity index (χ2v) is 6.15. The molecule has 0 fully saturated rings. The van der Waals surface area contributed by atoms with Gasteiger partial charge in [-0.3, -0.25) is 4.79 Å². The van der Waals surface area contributed by atoms with Crippen molar-refractivity contribution < 1.29 is 9.53 Å². The maximum Gasteiger partial charge on any atom is 0.340 e. The third-order valence-electron chi connectivity index (χ3n) is 4.56. The number of aryl methyl sites for hydroxylation is 2. The second kappa shape index (κ2) is 5.48. The Hall–Kier alpha value is -3.08. The number of nitrogens with zero attached hydrogens (tertiary/aromatic N) is 2. The molecule has 0 aliphatic heterocycles. The lowest BCUT2D eigenvalue weighted by atomic mass is 10.1. The van der Waals surface area contributed by atoms with Crippen molar-refractivity contribution in [1.82, 2.24) is 9.03 Å². The first-order valence-electron chi connectivity index (χ1n) is 8.27. The number of aromatic nitrogens is 2. The van der Waals surface area contributed by atoms with E-state index in [1.54, 1.807) is 17.5 Å². The van der Waals surface area contributed by atoms with Crippen LogP contribution < -0.4 is 5.56 Å². The van der Waals surface area contributed by atoms with E-state index >= 15 is 0 Å². The van der Waals surface area contributed by atoms with Crippen LogP contribution in [0, 0.1) is 13.8 Å². The summed E-state index contributed by atoms with van der Waals surface area (Å²) >= 11 is 0. The molecule has 0 radical (unpaired) electrons. The van der Waals surface area contributed by atoms with Crippen molar-refractivity contribution in [1.29, 1.82) is 0 Å². The van der Waals surface area contributed by atoms with Crippen LogP contribution in [0.5, 0.6) is 0 Å². The molecule has 0 atom stereocenters. The van der Waals surface area contributed by atoms with Crippen LogP contribution in [0.3, 0.4) is 0 Å². The summed E-state index contributed by atoms with van der Waals surface area (Å²) in [6, 6.07) is 13.2. The molecular formula is C20H18N2O3. The van der Waals surface area contributed by atoms with Crippen molar-refractivity contribution in [2.24, 2.45) is 0 Å². The van der Waals surface area contributed by atoms with Crippen LogP contribution in [0.1, 0.15) is 28.5 Å². The molecule has 2 heterocycles. The SMILES string of the molecule is CCOC(=O)c1c(C)n2c3ccccc3c(=O)n2c2ccc(C)cc12. The third-order valence-corrected chi connectivity index (χ3v) is 4.56. The maximum atomic E-state index is 13.0. The van der Waals surface area contributed by atoms with Gasteiger partial charge in [-0.25, -0.2) is 13.8 Å². The number of benzene rings is 2. The molecule has 0 bridgehead atoms. The number of para-hydroxylation sites is 1. The van der Waals surface area contributed by atoms with Gasteiger partial charge in [-0.05, 0) is 45.0 Å². The fraction of sp³-hybridized carbons (Fsp3) is 0.200. The Kier molecular flexibility index (Phi) is 3.39. The molecule has 0 aliphatic carbocycles. The van der Waals surface area contributed by atoms with E-state index < -0.39 is 0 Å². The summed E-state index contributed by atoms with van der Waals surface area (Å²) in [5.74, 6) is -0.372. The van der Waals surface area contributed by atoms with Gasteiger partial charge in [0.05, 0.1) is 34.3 Å². The highest BCUT2D eigenvalue weighted by Gasteiger charge is 2.22. The van der Waals surface area contributed by atoms with Crippen molar-refractivity contribution in [3.63, 3.8) is 0 Å². The Balaban J connectivity index is 2.33. The minimum Gasteiger partial charge on any atom is -0.462 e. The van der Waals surface area contributed by atoms with Gasteiger partial charge in [0.2, 0.25) is 0 Å². The highest BCUT2D eigenvalue weighted by Crippen LogP contribution is 2.26. The van der Waals surface area contributed by atoms with Gasteiger partial charge in [-0.2, -0.15) is 0 Å². The van der Waals surface area contributed by atoms with Gasteiger partial charge in [-0.1, -0.05) is 23.8 Å². The second-order valence-electron chi connectivity index (χ2n) is 6.15. The van der Waals surface area contributed by atoms with E-state index in [4.69, 9.17) is 4.74 Å². The fourth-order valence-corrected chi connectivity index (χ4v) is 3.50. The summed E-state index contributed by atoms with van der Waals surface area (Å²) in [4.78, 5) is 25.6. The lowest BCUT2D eigenvalue weighted by molar-refractivity contribution is 0.0527. The van der Waals surface area contributed by atoms with Crippen LogP contribution in [0.4, 0.5) is 0 Å². The first kappa shape index (κ1) is 15.4. The monoisotopic (exact) mass is 334 g/mol. The molecule has 25 heavy (non-hydrogen) atoms. The summed E-state index contributed by atoms with van der Waals surface area (Å²) in [6.07, 6.45) is 0. The fourth-order valence-electron chi connectivity index (χ4n) is 3.50. The third kappa shape index (κ3) is 2.09. The van der Waals surface area contributed by atoms with Gasteiger partial charge in [-0.15, -0.1) is 0 Å². The molecule has 2 aromatic carbocycles. The number of rotatable bonds is 2. The van der Waals surface area contributed by atoms with Crippen molar-refractivity contribution in [3.05, 3.63) is 69.6 Å². The molecule has 5 heteroatoms. The zero-order chi connectivity index (χ0) is 17.7. The maximum absolute atomic E-state index is 13.0. The van der Waals surface area contributed by atoms with Crippen LogP contribution in [-0.2, 0) is 4.74 Å². The zero-order valence-corrected chi connectivity index (χ0v) is 14.4. The molecule has 0 aliphatic rings. The average molecular weight is 334 g/mol. The van der Waals surface area contributed by atoms with Crippen LogP contribution in [0.25, 0.3) is 21.8 Å². The first-order valence-corrected chi connectivity index (χ1v) is 8.27. The molecule has 5 nitrogen and oxygen atoms in total. The van der Waals surface area contributed by atoms with E-state index in [1.807, 2.05) is 54.8 Å². The molecule has 0 N–H and O–H groups in total. The molecule has 0 saturated carbocycles. The van der Waals surface area contributed by atoms with Crippen LogP contribution in [0.2, 0.25) is 0 Å². The lowest BCUT2D eigenvalue weighted by Crippen LogP contribution is -2.19. The highest BCUT2D eigenvalue weighted by atomic mass is 16.5. The normalized spacial score (nSPS) is 11.5. The van der Waals surface area contributed by atoms with Crippen molar-refractivity contribution >= 4 is 27.8 Å². The van der Waals surface area contributed by atoms with Crippen LogP contribution in [-0.4, -0.2) is 21.6 Å². The predicted octanol–water partition coefficient (Wildman–Crippen LogP) is 3.50. The Morgan fingerprint density at radius 3 is 2.48 bits per heavy atom. The van der Waals surface area contributed by atoms with Crippen LogP contribution >= 0.6 is 0 Å². The Labute approximate surface area is 144 Å². The van der Waals surface area contributed by atoms with Gasteiger partial charge in [0, 0.05) is 5.39 Å². The average Bonchev–Trinajstić information content (AvgIpc) is 2.89. The minimum atomic E-state index is -0.372. The number of hydrogen-bond acceptors (Lipinski definition) is 3.